The zero-order chi connectivity index (χ0) is 8.97. The van der Waals surface area contributed by atoms with Crippen LogP contribution in [0.15, 0.2) is 23.8 Å². The van der Waals surface area contributed by atoms with E-state index in [-0.39, 0.29) is 0 Å². The Hall–Kier alpha value is -0.520. The van der Waals surface area contributed by atoms with Gasteiger partial charge in [-0.05, 0) is 31.1 Å². The quantitative estimate of drug-likeness (QED) is 0.476. The molecule has 68 valence electrons. The first-order valence-electron chi connectivity index (χ1n) is 5.22. The lowest BCUT2D eigenvalue weighted by Gasteiger charge is -2.09. The van der Waals surface area contributed by atoms with Crippen LogP contribution in [0.1, 0.15) is 40.0 Å². The van der Waals surface area contributed by atoms with Crippen LogP contribution in [0.5, 0.6) is 0 Å². The summed E-state index contributed by atoms with van der Waals surface area (Å²) < 4.78 is 0. The SMILES string of the molecule is CC.CC1CC2=CCC=CC2C1. The van der Waals surface area contributed by atoms with Crippen LogP contribution in [0.25, 0.3) is 0 Å². The minimum Gasteiger partial charge on any atom is -0.0841 e. The van der Waals surface area contributed by atoms with Crippen molar-refractivity contribution in [1.82, 2.24) is 0 Å². The molecule has 0 radical (unpaired) electrons. The van der Waals surface area contributed by atoms with Crippen LogP contribution in [0.3, 0.4) is 0 Å². The maximum absolute atomic E-state index is 2.41. The van der Waals surface area contributed by atoms with E-state index in [1.54, 1.807) is 5.57 Å². The van der Waals surface area contributed by atoms with Crippen molar-refractivity contribution in [1.29, 1.82) is 0 Å². The predicted octanol–water partition coefficient (Wildman–Crippen LogP) is 3.95. The van der Waals surface area contributed by atoms with Crippen molar-refractivity contribution in [2.45, 2.75) is 40.0 Å². The molecule has 2 aliphatic carbocycles. The third-order valence-electron chi connectivity index (χ3n) is 2.60. The molecule has 0 spiro atoms. The van der Waals surface area contributed by atoms with Crippen LogP contribution < -0.4 is 0 Å². The second kappa shape index (κ2) is 4.49. The first-order valence-corrected chi connectivity index (χ1v) is 5.22. The minimum atomic E-state index is 0.823. The molecule has 0 aliphatic heterocycles. The summed E-state index contributed by atoms with van der Waals surface area (Å²) in [7, 11) is 0. The Kier molecular flexibility index (Phi) is 3.58. The molecule has 0 heteroatoms. The second-order valence-electron chi connectivity index (χ2n) is 3.59. The molecule has 2 unspecified atom stereocenters. The third-order valence-corrected chi connectivity index (χ3v) is 2.60. The molecule has 0 aromatic carbocycles. The fourth-order valence-electron chi connectivity index (χ4n) is 2.12. The van der Waals surface area contributed by atoms with E-state index in [2.05, 4.69) is 25.2 Å². The Labute approximate surface area is 76.4 Å². The van der Waals surface area contributed by atoms with Crippen molar-refractivity contribution < 1.29 is 0 Å². The molecule has 2 aliphatic rings. The Balaban J connectivity index is 0.000000336. The number of hydrogen-bond donors (Lipinski definition) is 0. The van der Waals surface area contributed by atoms with Crippen LogP contribution >= 0.6 is 0 Å². The Bertz CT molecular complexity index is 186. The molecule has 0 N–H and O–H groups in total. The molecular formula is C12H20. The summed E-state index contributed by atoms with van der Waals surface area (Å²) in [5, 5.41) is 0. The summed E-state index contributed by atoms with van der Waals surface area (Å²) in [5.41, 5.74) is 1.70. The normalized spacial score (nSPS) is 31.8. The van der Waals surface area contributed by atoms with E-state index >= 15 is 0 Å². The first-order chi connectivity index (χ1) is 5.86. The van der Waals surface area contributed by atoms with Crippen LogP contribution in [0.4, 0.5) is 0 Å². The summed E-state index contributed by atoms with van der Waals surface area (Å²) >= 11 is 0. The van der Waals surface area contributed by atoms with Crippen LogP contribution in [-0.4, -0.2) is 0 Å². The molecule has 0 aromatic rings. The highest BCUT2D eigenvalue weighted by atomic mass is 14.3. The monoisotopic (exact) mass is 164 g/mol. The van der Waals surface area contributed by atoms with Gasteiger partial charge in [-0.15, -0.1) is 0 Å². The molecule has 1 fully saturated rings. The Morgan fingerprint density at radius 1 is 1.33 bits per heavy atom. The summed E-state index contributed by atoms with van der Waals surface area (Å²) in [6, 6.07) is 0. The number of allylic oxidation sites excluding steroid dienone is 4. The van der Waals surface area contributed by atoms with Gasteiger partial charge in [-0.2, -0.15) is 0 Å². The molecule has 0 heterocycles. The van der Waals surface area contributed by atoms with Gasteiger partial charge < -0.3 is 0 Å². The van der Waals surface area contributed by atoms with Crippen molar-refractivity contribution >= 4 is 0 Å². The van der Waals surface area contributed by atoms with Gasteiger partial charge in [0, 0.05) is 0 Å². The van der Waals surface area contributed by atoms with Crippen LogP contribution in [0.2, 0.25) is 0 Å². The van der Waals surface area contributed by atoms with E-state index in [0.717, 1.165) is 11.8 Å². The van der Waals surface area contributed by atoms with E-state index < -0.39 is 0 Å². The van der Waals surface area contributed by atoms with E-state index in [0.29, 0.717) is 0 Å². The van der Waals surface area contributed by atoms with Crippen molar-refractivity contribution in [2.75, 3.05) is 0 Å². The maximum atomic E-state index is 2.41. The van der Waals surface area contributed by atoms with Crippen molar-refractivity contribution in [3.8, 4) is 0 Å². The fraction of sp³-hybridized carbons (Fsp3) is 0.667. The third kappa shape index (κ3) is 2.00. The largest absolute Gasteiger partial charge is 0.0841 e. The lowest BCUT2D eigenvalue weighted by Crippen LogP contribution is -1.94. The molecule has 1 saturated carbocycles. The molecule has 2 rings (SSSR count). The number of fused-ring (bicyclic) bond motifs is 1. The van der Waals surface area contributed by atoms with E-state index in [9.17, 15) is 0 Å². The zero-order valence-electron chi connectivity index (χ0n) is 8.51. The molecule has 0 bridgehead atoms. The van der Waals surface area contributed by atoms with Crippen molar-refractivity contribution in [2.24, 2.45) is 11.8 Å². The topological polar surface area (TPSA) is 0 Å². The summed E-state index contributed by atoms with van der Waals surface area (Å²) in [4.78, 5) is 0. The zero-order valence-corrected chi connectivity index (χ0v) is 8.51. The molecule has 0 saturated heterocycles. The minimum absolute atomic E-state index is 0.823. The van der Waals surface area contributed by atoms with E-state index in [4.69, 9.17) is 0 Å². The van der Waals surface area contributed by atoms with Gasteiger partial charge in [0.05, 0.1) is 0 Å². The van der Waals surface area contributed by atoms with Gasteiger partial charge in [0.2, 0.25) is 0 Å². The first kappa shape index (κ1) is 9.57. The van der Waals surface area contributed by atoms with Crippen molar-refractivity contribution in [3.63, 3.8) is 0 Å². The standard InChI is InChI=1S/C10H14.C2H6/c1-8-6-9-4-2-3-5-10(9)7-8;1-2/h2,4-5,8-9H,3,6-7H2,1H3;1-2H3. The lowest BCUT2D eigenvalue weighted by atomic mass is 9.97. The van der Waals surface area contributed by atoms with Crippen LogP contribution in [-0.2, 0) is 0 Å². The van der Waals surface area contributed by atoms with E-state index in [1.165, 1.54) is 19.3 Å². The average molecular weight is 164 g/mol. The van der Waals surface area contributed by atoms with Gasteiger partial charge >= 0.3 is 0 Å². The predicted molar refractivity (Wildman–Crippen MR) is 55.1 cm³/mol. The van der Waals surface area contributed by atoms with Gasteiger partial charge in [-0.25, -0.2) is 0 Å². The molecule has 0 amide bonds. The lowest BCUT2D eigenvalue weighted by molar-refractivity contribution is 0.586. The summed E-state index contributed by atoms with van der Waals surface area (Å²) in [6.07, 6.45) is 11.0. The fourth-order valence-corrected chi connectivity index (χ4v) is 2.12. The number of rotatable bonds is 0. The van der Waals surface area contributed by atoms with Gasteiger partial charge in [0.15, 0.2) is 0 Å². The highest BCUT2D eigenvalue weighted by molar-refractivity contribution is 5.23. The maximum Gasteiger partial charge on any atom is -0.00203 e. The van der Waals surface area contributed by atoms with Gasteiger partial charge in [0.1, 0.15) is 0 Å². The molecule has 2 atom stereocenters. The van der Waals surface area contributed by atoms with E-state index in [1.807, 2.05) is 13.8 Å². The van der Waals surface area contributed by atoms with Gasteiger partial charge in [-0.1, -0.05) is 44.6 Å². The smallest absolute Gasteiger partial charge is 0.00203 e. The summed E-state index contributed by atoms with van der Waals surface area (Å²) in [5.74, 6) is 1.75. The molecular weight excluding hydrogens is 144 g/mol. The second-order valence-corrected chi connectivity index (χ2v) is 3.59. The van der Waals surface area contributed by atoms with Crippen LogP contribution in [0, 0.1) is 11.8 Å². The summed E-state index contributed by atoms with van der Waals surface area (Å²) in [6.45, 7) is 6.35. The highest BCUT2D eigenvalue weighted by Gasteiger charge is 2.24. The van der Waals surface area contributed by atoms with Gasteiger partial charge in [-0.3, -0.25) is 0 Å². The highest BCUT2D eigenvalue weighted by Crippen LogP contribution is 2.38. The molecule has 0 nitrogen and oxygen atoms in total. The average Bonchev–Trinajstić information content (AvgIpc) is 2.48. The molecule has 12 heavy (non-hydrogen) atoms. The number of hydrogen-bond acceptors (Lipinski definition) is 0. The van der Waals surface area contributed by atoms with Gasteiger partial charge in [0.25, 0.3) is 0 Å². The Morgan fingerprint density at radius 2 is 2.08 bits per heavy atom. The molecule has 0 aromatic heterocycles. The Morgan fingerprint density at radius 3 is 2.75 bits per heavy atom. The van der Waals surface area contributed by atoms with Crippen molar-refractivity contribution in [3.05, 3.63) is 23.8 Å².